The molecule has 0 saturated heterocycles. The molecule has 0 bridgehead atoms. The van der Waals surface area contributed by atoms with Gasteiger partial charge in [0.25, 0.3) is 0 Å². The molecule has 0 atom stereocenters. The number of furan rings is 1. The summed E-state index contributed by atoms with van der Waals surface area (Å²) in [6, 6.07) is 74.2. The molecular weight excluding hydrogens is 751 g/mol. The second kappa shape index (κ2) is 16.8. The molecule has 0 amide bonds. The van der Waals surface area contributed by atoms with Crippen molar-refractivity contribution in [3.05, 3.63) is 252 Å². The van der Waals surface area contributed by atoms with Gasteiger partial charge in [-0.25, -0.2) is 0 Å². The molecule has 1 heterocycles. The third-order valence-electron chi connectivity index (χ3n) is 12.1. The van der Waals surface area contributed by atoms with Crippen molar-refractivity contribution >= 4 is 45.1 Å². The molecular formula is C60H47NO. The number of anilines is 3. The zero-order valence-electron chi connectivity index (χ0n) is 35.2. The number of para-hydroxylation sites is 2. The van der Waals surface area contributed by atoms with Gasteiger partial charge in [0.1, 0.15) is 11.2 Å². The maximum atomic E-state index is 6.33. The van der Waals surface area contributed by atoms with E-state index in [1.807, 2.05) is 36.4 Å². The van der Waals surface area contributed by atoms with Crippen molar-refractivity contribution in [1.29, 1.82) is 0 Å². The number of fused-ring (bicyclic) bond motifs is 6. The molecule has 0 spiro atoms. The van der Waals surface area contributed by atoms with Gasteiger partial charge < -0.3 is 9.32 Å². The molecule has 2 nitrogen and oxygen atoms in total. The Balaban J connectivity index is 0.000000598. The van der Waals surface area contributed by atoms with Crippen LogP contribution in [0.2, 0.25) is 0 Å². The average molecular weight is 798 g/mol. The summed E-state index contributed by atoms with van der Waals surface area (Å²) in [5.41, 5.74) is 21.6. The predicted molar refractivity (Wildman–Crippen MR) is 263 cm³/mol. The van der Waals surface area contributed by atoms with Crippen molar-refractivity contribution in [3.63, 3.8) is 0 Å². The number of aryl methyl sites for hydroxylation is 2. The van der Waals surface area contributed by atoms with Crippen molar-refractivity contribution in [2.75, 3.05) is 4.90 Å². The van der Waals surface area contributed by atoms with Crippen molar-refractivity contribution < 1.29 is 4.42 Å². The molecule has 0 radical (unpaired) electrons. The summed E-state index contributed by atoms with van der Waals surface area (Å²) in [7, 11) is 0. The van der Waals surface area contributed by atoms with Gasteiger partial charge in [-0.1, -0.05) is 170 Å². The third kappa shape index (κ3) is 7.64. The quantitative estimate of drug-likeness (QED) is 0.152. The SMILES string of the molecule is C=Cc1ccccc1-c1ccc(N(c2ccccc2)c2cc(Cc3ccc4c(c3)oc3ccccc34)cc(-c3ccc4c(c3)-c3ccccc3C4)c2)cc1C.Cc1ccccc1. The van der Waals surface area contributed by atoms with Crippen LogP contribution in [0.5, 0.6) is 0 Å². The summed E-state index contributed by atoms with van der Waals surface area (Å²) in [5, 5.41) is 2.30. The van der Waals surface area contributed by atoms with E-state index in [1.165, 1.54) is 66.8 Å². The molecule has 1 aromatic heterocycles. The van der Waals surface area contributed by atoms with Gasteiger partial charge in [-0.05, 0) is 148 Å². The highest BCUT2D eigenvalue weighted by atomic mass is 16.3. The fourth-order valence-corrected chi connectivity index (χ4v) is 9.06. The van der Waals surface area contributed by atoms with E-state index < -0.39 is 0 Å². The van der Waals surface area contributed by atoms with Crippen LogP contribution in [-0.2, 0) is 12.8 Å². The minimum absolute atomic E-state index is 0.764. The second-order valence-electron chi connectivity index (χ2n) is 16.3. The van der Waals surface area contributed by atoms with Gasteiger partial charge in [-0.2, -0.15) is 0 Å². The Bertz CT molecular complexity index is 3230. The van der Waals surface area contributed by atoms with Gasteiger partial charge in [0, 0.05) is 27.8 Å². The molecule has 1 aliphatic rings. The first-order valence-corrected chi connectivity index (χ1v) is 21.4. The Morgan fingerprint density at radius 2 is 1.18 bits per heavy atom. The van der Waals surface area contributed by atoms with Crippen LogP contribution in [0.1, 0.15) is 38.9 Å². The monoisotopic (exact) mass is 797 g/mol. The molecule has 1 aliphatic carbocycles. The molecule has 62 heavy (non-hydrogen) atoms. The summed E-state index contributed by atoms with van der Waals surface area (Å²) >= 11 is 0. The molecule has 2 heteroatoms. The van der Waals surface area contributed by atoms with Crippen molar-refractivity contribution in [1.82, 2.24) is 0 Å². The lowest BCUT2D eigenvalue weighted by atomic mass is 9.94. The van der Waals surface area contributed by atoms with Crippen molar-refractivity contribution in [3.8, 4) is 33.4 Å². The standard InChI is InChI=1S/C53H39NO.C7H8/c1-3-38-13-7-9-17-47(38)46-26-24-44(27-35(46)2)54(43-15-5-4-6-16-43)45-30-37(28-36-21-25-50-49-19-11-12-20-52(49)55-53(50)31-36)29-42(33-45)39-22-23-41-32-40-14-8-10-18-48(40)51(41)34-39;1-7-5-3-2-4-6-7/h3-27,29-31,33-34H,1,28,32H2,2H3;2-6H,1H3. The van der Waals surface area contributed by atoms with Crippen LogP contribution in [0, 0.1) is 13.8 Å². The molecule has 9 aromatic carbocycles. The molecule has 10 aromatic rings. The number of nitrogens with zero attached hydrogens (tertiary/aromatic N) is 1. The smallest absolute Gasteiger partial charge is 0.135 e. The van der Waals surface area contributed by atoms with Crippen LogP contribution >= 0.6 is 0 Å². The van der Waals surface area contributed by atoms with E-state index in [1.54, 1.807) is 0 Å². The Labute approximate surface area is 364 Å². The van der Waals surface area contributed by atoms with E-state index in [9.17, 15) is 0 Å². The van der Waals surface area contributed by atoms with Crippen LogP contribution in [0.4, 0.5) is 17.1 Å². The van der Waals surface area contributed by atoms with E-state index in [2.05, 4.69) is 201 Å². The summed E-state index contributed by atoms with van der Waals surface area (Å²) < 4.78 is 6.33. The Kier molecular flexibility index (Phi) is 10.4. The van der Waals surface area contributed by atoms with E-state index >= 15 is 0 Å². The third-order valence-corrected chi connectivity index (χ3v) is 12.1. The lowest BCUT2D eigenvalue weighted by Crippen LogP contribution is -2.11. The highest BCUT2D eigenvalue weighted by Gasteiger charge is 2.21. The Morgan fingerprint density at radius 3 is 1.97 bits per heavy atom. The Hall–Kier alpha value is -7.68. The number of rotatable bonds is 8. The van der Waals surface area contributed by atoms with Crippen molar-refractivity contribution in [2.45, 2.75) is 26.7 Å². The number of hydrogen-bond donors (Lipinski definition) is 0. The Morgan fingerprint density at radius 1 is 0.468 bits per heavy atom. The molecule has 0 unspecified atom stereocenters. The average Bonchev–Trinajstić information content (AvgIpc) is 3.88. The second-order valence-corrected chi connectivity index (χ2v) is 16.3. The summed E-state index contributed by atoms with van der Waals surface area (Å²) in [5.74, 6) is 0. The minimum Gasteiger partial charge on any atom is -0.456 e. The normalized spacial score (nSPS) is 11.5. The maximum Gasteiger partial charge on any atom is 0.135 e. The van der Waals surface area contributed by atoms with Gasteiger partial charge in [0.15, 0.2) is 0 Å². The van der Waals surface area contributed by atoms with Gasteiger partial charge in [0.2, 0.25) is 0 Å². The van der Waals surface area contributed by atoms with Gasteiger partial charge in [-0.15, -0.1) is 0 Å². The van der Waals surface area contributed by atoms with E-state index in [0.717, 1.165) is 57.4 Å². The van der Waals surface area contributed by atoms with E-state index in [0.29, 0.717) is 0 Å². The van der Waals surface area contributed by atoms with E-state index in [4.69, 9.17) is 4.42 Å². The summed E-state index contributed by atoms with van der Waals surface area (Å²) in [6.45, 7) is 8.38. The predicted octanol–water partition coefficient (Wildman–Crippen LogP) is 16.5. The highest BCUT2D eigenvalue weighted by molar-refractivity contribution is 6.05. The zero-order valence-corrected chi connectivity index (χ0v) is 35.2. The summed E-state index contributed by atoms with van der Waals surface area (Å²) in [4.78, 5) is 2.40. The topological polar surface area (TPSA) is 16.4 Å². The van der Waals surface area contributed by atoms with Crippen LogP contribution in [0.25, 0.3) is 61.4 Å². The lowest BCUT2D eigenvalue weighted by molar-refractivity contribution is 0.668. The molecule has 0 saturated carbocycles. The zero-order chi connectivity index (χ0) is 42.0. The molecule has 11 rings (SSSR count). The fraction of sp³-hybridized carbons (Fsp3) is 0.0667. The van der Waals surface area contributed by atoms with Gasteiger partial charge >= 0.3 is 0 Å². The molecule has 0 fully saturated rings. The number of benzene rings is 9. The fourth-order valence-electron chi connectivity index (χ4n) is 9.06. The van der Waals surface area contributed by atoms with Gasteiger partial charge in [0.05, 0.1) is 0 Å². The van der Waals surface area contributed by atoms with Crippen LogP contribution < -0.4 is 4.90 Å². The van der Waals surface area contributed by atoms with Crippen LogP contribution in [0.3, 0.4) is 0 Å². The van der Waals surface area contributed by atoms with Gasteiger partial charge in [-0.3, -0.25) is 0 Å². The van der Waals surface area contributed by atoms with Crippen LogP contribution in [-0.4, -0.2) is 0 Å². The van der Waals surface area contributed by atoms with Crippen molar-refractivity contribution in [2.24, 2.45) is 0 Å². The highest BCUT2D eigenvalue weighted by Crippen LogP contribution is 2.43. The molecule has 0 N–H and O–H groups in total. The molecule has 298 valence electrons. The summed E-state index contributed by atoms with van der Waals surface area (Å²) in [6.07, 6.45) is 3.69. The minimum atomic E-state index is 0.764. The van der Waals surface area contributed by atoms with Crippen LogP contribution in [0.15, 0.2) is 217 Å². The largest absolute Gasteiger partial charge is 0.456 e. The molecule has 0 aliphatic heterocycles. The maximum absolute atomic E-state index is 6.33. The number of hydrogen-bond acceptors (Lipinski definition) is 2. The van der Waals surface area contributed by atoms with E-state index in [-0.39, 0.29) is 0 Å². The first-order chi connectivity index (χ1) is 30.5. The first kappa shape index (κ1) is 38.5. The first-order valence-electron chi connectivity index (χ1n) is 21.4. The lowest BCUT2D eigenvalue weighted by Gasteiger charge is -2.28.